The second-order valence-corrected chi connectivity index (χ2v) is 7.15. The molecule has 5 heteroatoms. The number of benzene rings is 2. The van der Waals surface area contributed by atoms with Crippen molar-refractivity contribution in [3.63, 3.8) is 0 Å². The van der Waals surface area contributed by atoms with Crippen LogP contribution in [-0.2, 0) is 0 Å². The maximum atomic E-state index is 14.1. The predicted octanol–water partition coefficient (Wildman–Crippen LogP) is 4.40. The molecule has 2 heterocycles. The molecule has 0 aliphatic carbocycles. The molecule has 0 spiro atoms. The number of pyridine rings is 1. The van der Waals surface area contributed by atoms with Crippen molar-refractivity contribution >= 4 is 22.4 Å². The van der Waals surface area contributed by atoms with Gasteiger partial charge in [-0.25, -0.2) is 4.39 Å². The van der Waals surface area contributed by atoms with Crippen LogP contribution in [0.25, 0.3) is 10.8 Å². The summed E-state index contributed by atoms with van der Waals surface area (Å²) in [5.41, 5.74) is 3.13. The maximum Gasteiger partial charge on any atom is 0.269 e. The Kier molecular flexibility index (Phi) is 4.52. The number of nitrogens with one attached hydrogen (secondary N) is 2. The van der Waals surface area contributed by atoms with Crippen molar-refractivity contribution < 1.29 is 9.18 Å². The van der Waals surface area contributed by atoms with Crippen LogP contribution < -0.4 is 10.6 Å². The third kappa shape index (κ3) is 3.25. The summed E-state index contributed by atoms with van der Waals surface area (Å²) in [5.74, 6) is -0.231. The maximum absolute atomic E-state index is 14.1. The van der Waals surface area contributed by atoms with Crippen molar-refractivity contribution in [2.24, 2.45) is 0 Å². The van der Waals surface area contributed by atoms with Crippen LogP contribution in [0.5, 0.6) is 0 Å². The molecule has 138 valence electrons. The predicted molar refractivity (Wildman–Crippen MR) is 106 cm³/mol. The molecule has 1 aliphatic heterocycles. The standard InChI is InChI=1S/C22H22FN3O/c1-13-7-8-18(23)21-20(13)17(14(2)26-21)9-10-24-22(27)19-11-15-5-3-4-6-16(15)12-25-19/h3-8,11-12,14,17,26H,9-10H2,1-2H3,(H,24,27). The summed E-state index contributed by atoms with van der Waals surface area (Å²) in [7, 11) is 0. The number of fused-ring (bicyclic) bond motifs is 2. The molecular formula is C22H22FN3O. The number of hydrogen-bond acceptors (Lipinski definition) is 3. The fourth-order valence-corrected chi connectivity index (χ4v) is 3.93. The van der Waals surface area contributed by atoms with E-state index in [4.69, 9.17) is 0 Å². The van der Waals surface area contributed by atoms with Gasteiger partial charge in [0.25, 0.3) is 5.91 Å². The van der Waals surface area contributed by atoms with Gasteiger partial charge in [0.15, 0.2) is 0 Å². The molecule has 2 aromatic carbocycles. The summed E-state index contributed by atoms with van der Waals surface area (Å²) in [4.78, 5) is 16.7. The van der Waals surface area contributed by atoms with Gasteiger partial charge in [-0.1, -0.05) is 30.3 Å². The first-order chi connectivity index (χ1) is 13.0. The largest absolute Gasteiger partial charge is 0.379 e. The smallest absolute Gasteiger partial charge is 0.269 e. The second-order valence-electron chi connectivity index (χ2n) is 7.15. The molecule has 27 heavy (non-hydrogen) atoms. The zero-order valence-electron chi connectivity index (χ0n) is 15.4. The van der Waals surface area contributed by atoms with Gasteiger partial charge in [0, 0.05) is 30.1 Å². The normalized spacial score (nSPS) is 18.2. The van der Waals surface area contributed by atoms with E-state index in [-0.39, 0.29) is 23.7 Å². The molecule has 1 amide bonds. The van der Waals surface area contributed by atoms with Crippen molar-refractivity contribution in [2.75, 3.05) is 11.9 Å². The van der Waals surface area contributed by atoms with E-state index in [1.165, 1.54) is 6.07 Å². The fraction of sp³-hybridized carbons (Fsp3) is 0.273. The molecule has 3 aromatic rings. The summed E-state index contributed by atoms with van der Waals surface area (Å²) in [6.45, 7) is 4.57. The highest BCUT2D eigenvalue weighted by Gasteiger charge is 2.32. The highest BCUT2D eigenvalue weighted by Crippen LogP contribution is 2.41. The Balaban J connectivity index is 1.44. The third-order valence-electron chi connectivity index (χ3n) is 5.36. The number of anilines is 1. The molecule has 2 unspecified atom stereocenters. The Morgan fingerprint density at radius 3 is 2.81 bits per heavy atom. The van der Waals surface area contributed by atoms with Crippen LogP contribution in [0.1, 0.15) is 40.9 Å². The summed E-state index contributed by atoms with van der Waals surface area (Å²) in [5, 5.41) is 8.20. The lowest BCUT2D eigenvalue weighted by atomic mass is 9.89. The SMILES string of the molecule is Cc1ccc(F)c2c1C(CCNC(=O)c1cc3ccccc3cn1)C(C)N2. The number of rotatable bonds is 4. The van der Waals surface area contributed by atoms with Gasteiger partial charge in [0.1, 0.15) is 11.5 Å². The van der Waals surface area contributed by atoms with E-state index in [0.717, 1.165) is 28.3 Å². The van der Waals surface area contributed by atoms with Crippen molar-refractivity contribution in [1.29, 1.82) is 0 Å². The summed E-state index contributed by atoms with van der Waals surface area (Å²) in [6.07, 6.45) is 2.46. The fourth-order valence-electron chi connectivity index (χ4n) is 3.93. The molecule has 4 rings (SSSR count). The summed E-state index contributed by atoms with van der Waals surface area (Å²) >= 11 is 0. The minimum atomic E-state index is -0.214. The molecule has 1 aliphatic rings. The number of aromatic nitrogens is 1. The quantitative estimate of drug-likeness (QED) is 0.722. The minimum absolute atomic E-state index is 0.131. The Labute approximate surface area is 157 Å². The van der Waals surface area contributed by atoms with Crippen LogP contribution in [0.3, 0.4) is 0 Å². The highest BCUT2D eigenvalue weighted by molar-refractivity contribution is 5.96. The van der Waals surface area contributed by atoms with Crippen LogP contribution in [0.15, 0.2) is 48.7 Å². The van der Waals surface area contributed by atoms with Crippen LogP contribution >= 0.6 is 0 Å². The van der Waals surface area contributed by atoms with E-state index >= 15 is 0 Å². The number of carbonyl (C=O) groups is 1. The molecule has 1 aromatic heterocycles. The Hall–Kier alpha value is -2.95. The molecule has 2 atom stereocenters. The lowest BCUT2D eigenvalue weighted by Crippen LogP contribution is -2.28. The average Bonchev–Trinajstić information content (AvgIpc) is 3.02. The first kappa shape index (κ1) is 17.5. The van der Waals surface area contributed by atoms with Crippen molar-refractivity contribution in [2.45, 2.75) is 32.2 Å². The van der Waals surface area contributed by atoms with Crippen molar-refractivity contribution in [3.05, 3.63) is 71.3 Å². The molecular weight excluding hydrogens is 341 g/mol. The average molecular weight is 363 g/mol. The van der Waals surface area contributed by atoms with Gasteiger partial charge in [-0.15, -0.1) is 0 Å². The monoisotopic (exact) mass is 363 g/mol. The van der Waals surface area contributed by atoms with E-state index in [1.54, 1.807) is 12.3 Å². The zero-order chi connectivity index (χ0) is 19.0. The van der Waals surface area contributed by atoms with E-state index in [9.17, 15) is 9.18 Å². The molecule has 0 radical (unpaired) electrons. The van der Waals surface area contributed by atoms with Gasteiger partial charge in [-0.05, 0) is 48.9 Å². The van der Waals surface area contributed by atoms with Gasteiger partial charge in [-0.3, -0.25) is 9.78 Å². The minimum Gasteiger partial charge on any atom is -0.379 e. The van der Waals surface area contributed by atoms with Gasteiger partial charge in [0.2, 0.25) is 0 Å². The van der Waals surface area contributed by atoms with E-state index in [0.29, 0.717) is 17.9 Å². The van der Waals surface area contributed by atoms with Crippen molar-refractivity contribution in [3.8, 4) is 0 Å². The lowest BCUT2D eigenvalue weighted by Gasteiger charge is -2.17. The first-order valence-electron chi connectivity index (χ1n) is 9.23. The number of nitrogens with zero attached hydrogens (tertiary/aromatic N) is 1. The van der Waals surface area contributed by atoms with Gasteiger partial charge in [0.05, 0.1) is 5.69 Å². The van der Waals surface area contributed by atoms with Gasteiger partial charge < -0.3 is 10.6 Å². The molecule has 4 nitrogen and oxygen atoms in total. The summed E-state index contributed by atoms with van der Waals surface area (Å²) in [6, 6.07) is 13.1. The number of amides is 1. The number of halogens is 1. The molecule has 0 fully saturated rings. The lowest BCUT2D eigenvalue weighted by molar-refractivity contribution is 0.0947. The van der Waals surface area contributed by atoms with Crippen LogP contribution in [0.2, 0.25) is 0 Å². The molecule has 0 bridgehead atoms. The Morgan fingerprint density at radius 2 is 2.00 bits per heavy atom. The molecule has 0 saturated carbocycles. The van der Waals surface area contributed by atoms with Crippen molar-refractivity contribution in [1.82, 2.24) is 10.3 Å². The van der Waals surface area contributed by atoms with Gasteiger partial charge >= 0.3 is 0 Å². The third-order valence-corrected chi connectivity index (χ3v) is 5.36. The summed E-state index contributed by atoms with van der Waals surface area (Å²) < 4.78 is 14.1. The molecule has 0 saturated heterocycles. The number of carbonyl (C=O) groups excluding carboxylic acids is 1. The van der Waals surface area contributed by atoms with E-state index in [1.807, 2.05) is 37.3 Å². The van der Waals surface area contributed by atoms with E-state index < -0.39 is 0 Å². The van der Waals surface area contributed by atoms with Crippen LogP contribution in [0.4, 0.5) is 10.1 Å². The number of hydrogen-bond donors (Lipinski definition) is 2. The Morgan fingerprint density at radius 1 is 1.22 bits per heavy atom. The van der Waals surface area contributed by atoms with Crippen LogP contribution in [-0.4, -0.2) is 23.5 Å². The zero-order valence-corrected chi connectivity index (χ0v) is 15.4. The van der Waals surface area contributed by atoms with Crippen LogP contribution in [0, 0.1) is 12.7 Å². The molecule has 2 N–H and O–H groups in total. The topological polar surface area (TPSA) is 54.0 Å². The Bertz CT molecular complexity index is 1020. The highest BCUT2D eigenvalue weighted by atomic mass is 19.1. The number of aryl methyl sites for hydroxylation is 1. The first-order valence-corrected chi connectivity index (χ1v) is 9.23. The second kappa shape index (κ2) is 6.99. The van der Waals surface area contributed by atoms with E-state index in [2.05, 4.69) is 22.5 Å². The van der Waals surface area contributed by atoms with Gasteiger partial charge in [-0.2, -0.15) is 0 Å².